The second-order valence-corrected chi connectivity index (χ2v) is 11.2. The van der Waals surface area contributed by atoms with E-state index in [1.54, 1.807) is 24.0 Å². The van der Waals surface area contributed by atoms with Crippen molar-refractivity contribution in [3.63, 3.8) is 0 Å². The van der Waals surface area contributed by atoms with Gasteiger partial charge in [0, 0.05) is 48.0 Å². The van der Waals surface area contributed by atoms with Crippen LogP contribution in [0.5, 0.6) is 5.75 Å². The smallest absolute Gasteiger partial charge is 0.320 e. The number of alkyl halides is 1. The summed E-state index contributed by atoms with van der Waals surface area (Å²) in [5.41, 5.74) is -0.142. The second-order valence-electron chi connectivity index (χ2n) is 10.4. The van der Waals surface area contributed by atoms with Crippen molar-refractivity contribution in [2.75, 3.05) is 44.9 Å². The van der Waals surface area contributed by atoms with Crippen LogP contribution in [0, 0.1) is 5.82 Å². The minimum Gasteiger partial charge on any atom is -0.492 e. The van der Waals surface area contributed by atoms with Crippen molar-refractivity contribution >= 4 is 51.7 Å². The van der Waals surface area contributed by atoms with E-state index in [0.29, 0.717) is 28.7 Å². The molecule has 1 fully saturated rings. The average molecular weight is 640 g/mol. The van der Waals surface area contributed by atoms with Crippen LogP contribution in [0.2, 0.25) is 10.0 Å². The number of halogens is 4. The predicted molar refractivity (Wildman–Crippen MR) is 163 cm³/mol. The Balaban J connectivity index is 1.72. The Labute approximate surface area is 258 Å². The van der Waals surface area contributed by atoms with Crippen LogP contribution in [0.3, 0.4) is 0 Å². The molecule has 0 bridgehead atoms. The minimum atomic E-state index is -0.810. The molecule has 1 aliphatic rings. The number of fused-ring (bicyclic) bond motifs is 1. The maximum atomic E-state index is 15.9. The molecule has 2 atom stereocenters. The van der Waals surface area contributed by atoms with Crippen LogP contribution in [-0.4, -0.2) is 73.5 Å². The van der Waals surface area contributed by atoms with Gasteiger partial charge >= 0.3 is 5.97 Å². The number of benzene rings is 2. The number of piperazine rings is 1. The number of aryl methyl sites for hydroxylation is 1. The van der Waals surface area contributed by atoms with Gasteiger partial charge in [0.05, 0.1) is 37.7 Å². The third kappa shape index (κ3) is 6.89. The number of aromatic nitrogens is 1. The normalized spacial score (nSPS) is 17.3. The number of nitrogens with zero attached hydrogens (tertiary/aromatic N) is 3. The van der Waals surface area contributed by atoms with E-state index in [1.165, 1.54) is 23.9 Å². The van der Waals surface area contributed by atoms with Crippen molar-refractivity contribution in [1.82, 2.24) is 14.8 Å². The molecule has 1 aliphatic heterocycles. The van der Waals surface area contributed by atoms with Crippen LogP contribution in [0.1, 0.15) is 36.7 Å². The van der Waals surface area contributed by atoms with Crippen molar-refractivity contribution in [2.45, 2.75) is 45.9 Å². The number of pyridine rings is 1. The standard InChI is InChI=1S/C30H34Cl2F2N4O5/c1-5-43-25(39)16-38-17(2)13-37(14-18(38)3)27-24(34)11-21-26(29(27)42-4)36(9-8-33)15-22(28(21)40)30(41)35-12-19-6-7-20(31)10-23(19)32/h6-7,10-11,15,17-18H,5,8-9,12-14,16H2,1-4H3,(H,35,41)/t17-,18+. The summed E-state index contributed by atoms with van der Waals surface area (Å²) in [6.45, 7) is 5.67. The lowest BCUT2D eigenvalue weighted by Gasteiger charge is -2.45. The molecular weight excluding hydrogens is 605 g/mol. The van der Waals surface area contributed by atoms with E-state index in [2.05, 4.69) is 5.32 Å². The molecule has 0 saturated carbocycles. The Morgan fingerprint density at radius 1 is 1.14 bits per heavy atom. The number of nitrogens with one attached hydrogen (secondary N) is 1. The third-order valence-electron chi connectivity index (χ3n) is 7.51. The Morgan fingerprint density at radius 3 is 2.44 bits per heavy atom. The van der Waals surface area contributed by atoms with Gasteiger partial charge in [0.2, 0.25) is 5.43 Å². The minimum absolute atomic E-state index is 0.00452. The van der Waals surface area contributed by atoms with E-state index in [0.717, 1.165) is 6.07 Å². The van der Waals surface area contributed by atoms with Crippen molar-refractivity contribution in [3.8, 4) is 5.75 Å². The highest BCUT2D eigenvalue weighted by atomic mass is 35.5. The Bertz CT molecular complexity index is 1570. The van der Waals surface area contributed by atoms with E-state index < -0.39 is 23.8 Å². The highest BCUT2D eigenvalue weighted by Crippen LogP contribution is 2.39. The molecule has 2 aromatic carbocycles. The molecule has 232 valence electrons. The fourth-order valence-electron chi connectivity index (χ4n) is 5.55. The number of amides is 1. The van der Waals surface area contributed by atoms with E-state index in [1.807, 2.05) is 18.7 Å². The van der Waals surface area contributed by atoms with Gasteiger partial charge in [0.15, 0.2) is 11.6 Å². The monoisotopic (exact) mass is 638 g/mol. The van der Waals surface area contributed by atoms with Gasteiger partial charge in [-0.2, -0.15) is 0 Å². The van der Waals surface area contributed by atoms with Crippen LogP contribution in [0.15, 0.2) is 35.3 Å². The largest absolute Gasteiger partial charge is 0.492 e. The summed E-state index contributed by atoms with van der Waals surface area (Å²) >= 11 is 12.1. The van der Waals surface area contributed by atoms with Gasteiger partial charge in [-0.25, -0.2) is 8.78 Å². The molecule has 1 amide bonds. The molecule has 0 spiro atoms. The molecule has 0 unspecified atom stereocenters. The number of carbonyl (C=O) groups excluding carboxylic acids is 2. The summed E-state index contributed by atoms with van der Waals surface area (Å²) in [5, 5.41) is 3.30. The molecular formula is C30H34Cl2F2N4O5. The van der Waals surface area contributed by atoms with Crippen molar-refractivity contribution < 1.29 is 27.8 Å². The number of esters is 1. The highest BCUT2D eigenvalue weighted by molar-refractivity contribution is 6.35. The zero-order valence-corrected chi connectivity index (χ0v) is 25.9. The zero-order chi connectivity index (χ0) is 31.4. The predicted octanol–water partition coefficient (Wildman–Crippen LogP) is 4.82. The summed E-state index contributed by atoms with van der Waals surface area (Å²) < 4.78 is 41.9. The van der Waals surface area contributed by atoms with Crippen LogP contribution in [-0.2, 0) is 22.6 Å². The van der Waals surface area contributed by atoms with Crippen LogP contribution in [0.25, 0.3) is 10.9 Å². The first-order valence-corrected chi connectivity index (χ1v) is 14.6. The van der Waals surface area contributed by atoms with Gasteiger partial charge in [-0.3, -0.25) is 19.3 Å². The molecule has 1 aromatic heterocycles. The summed E-state index contributed by atoms with van der Waals surface area (Å²) in [5.74, 6) is -1.74. The fourth-order valence-corrected chi connectivity index (χ4v) is 6.02. The van der Waals surface area contributed by atoms with E-state index in [9.17, 15) is 18.8 Å². The molecule has 1 N–H and O–H groups in total. The Hall–Kier alpha value is -3.41. The first-order valence-electron chi connectivity index (χ1n) is 13.9. The Morgan fingerprint density at radius 2 is 1.84 bits per heavy atom. The first kappa shape index (κ1) is 32.5. The summed E-state index contributed by atoms with van der Waals surface area (Å²) in [4.78, 5) is 42.6. The molecule has 13 heteroatoms. The van der Waals surface area contributed by atoms with Gasteiger partial charge in [-0.1, -0.05) is 29.3 Å². The van der Waals surface area contributed by atoms with E-state index >= 15 is 4.39 Å². The fraction of sp³-hybridized carbons (Fsp3) is 0.433. The van der Waals surface area contributed by atoms with Gasteiger partial charge in [0.25, 0.3) is 5.91 Å². The zero-order valence-electron chi connectivity index (χ0n) is 24.4. The van der Waals surface area contributed by atoms with Gasteiger partial charge in [0.1, 0.15) is 17.9 Å². The van der Waals surface area contributed by atoms with Crippen molar-refractivity contribution in [1.29, 1.82) is 0 Å². The van der Waals surface area contributed by atoms with E-state index in [-0.39, 0.29) is 72.2 Å². The highest BCUT2D eigenvalue weighted by Gasteiger charge is 2.35. The van der Waals surface area contributed by atoms with Crippen LogP contribution < -0.4 is 20.4 Å². The lowest BCUT2D eigenvalue weighted by Crippen LogP contribution is -2.58. The lowest BCUT2D eigenvalue weighted by atomic mass is 10.0. The first-order chi connectivity index (χ1) is 20.5. The van der Waals surface area contributed by atoms with Crippen molar-refractivity contribution in [2.24, 2.45) is 0 Å². The Kier molecular flexibility index (Phi) is 10.5. The molecule has 9 nitrogen and oxygen atoms in total. The lowest BCUT2D eigenvalue weighted by molar-refractivity contribution is -0.145. The summed E-state index contributed by atoms with van der Waals surface area (Å²) in [6, 6.07) is 5.56. The SMILES string of the molecule is CCOC(=O)CN1[C@H](C)CN(c2c(F)cc3c(=O)c(C(=O)NCc4ccc(Cl)cc4Cl)cn(CCF)c3c2OC)C[C@@H]1C. The third-order valence-corrected chi connectivity index (χ3v) is 8.09. The number of rotatable bonds is 10. The van der Waals surface area contributed by atoms with Gasteiger partial charge < -0.3 is 24.3 Å². The molecule has 3 aromatic rings. The summed E-state index contributed by atoms with van der Waals surface area (Å²) in [6.07, 6.45) is 1.26. The second kappa shape index (κ2) is 13.9. The van der Waals surface area contributed by atoms with Gasteiger partial charge in [-0.05, 0) is 44.5 Å². The molecule has 2 heterocycles. The summed E-state index contributed by atoms with van der Waals surface area (Å²) in [7, 11) is 1.35. The number of hydrogen-bond acceptors (Lipinski definition) is 7. The average Bonchev–Trinajstić information content (AvgIpc) is 2.95. The number of hydrogen-bond donors (Lipinski definition) is 1. The van der Waals surface area contributed by atoms with Gasteiger partial charge in [-0.15, -0.1) is 0 Å². The number of methoxy groups -OCH3 is 1. The molecule has 4 rings (SSSR count). The molecule has 0 radical (unpaired) electrons. The molecule has 43 heavy (non-hydrogen) atoms. The van der Waals surface area contributed by atoms with Crippen molar-refractivity contribution in [3.05, 3.63) is 67.7 Å². The van der Waals surface area contributed by atoms with Crippen LogP contribution in [0.4, 0.5) is 14.5 Å². The maximum Gasteiger partial charge on any atom is 0.320 e. The quantitative estimate of drug-likeness (QED) is 0.318. The maximum absolute atomic E-state index is 15.9. The molecule has 1 saturated heterocycles. The number of anilines is 1. The number of ether oxygens (including phenoxy) is 2. The van der Waals surface area contributed by atoms with E-state index in [4.69, 9.17) is 32.7 Å². The topological polar surface area (TPSA) is 93.1 Å². The van der Waals surface area contributed by atoms with Crippen LogP contribution >= 0.6 is 23.2 Å². The number of carbonyl (C=O) groups is 2. The molecule has 0 aliphatic carbocycles.